The van der Waals surface area contributed by atoms with E-state index in [9.17, 15) is 5.11 Å². The summed E-state index contributed by atoms with van der Waals surface area (Å²) in [5.74, 6) is 1.44. The van der Waals surface area contributed by atoms with Crippen LogP contribution in [-0.2, 0) is 13.2 Å². The van der Waals surface area contributed by atoms with E-state index in [2.05, 4.69) is 5.32 Å². The summed E-state index contributed by atoms with van der Waals surface area (Å²) < 4.78 is 11.3. The van der Waals surface area contributed by atoms with Crippen molar-refractivity contribution in [2.24, 2.45) is 0 Å². The van der Waals surface area contributed by atoms with E-state index >= 15 is 0 Å². The van der Waals surface area contributed by atoms with Gasteiger partial charge in [-0.3, -0.25) is 0 Å². The molecule has 1 atom stereocenters. The van der Waals surface area contributed by atoms with Gasteiger partial charge in [-0.25, -0.2) is 0 Å². The number of methoxy groups -OCH3 is 1. The molecule has 2 N–H and O–H groups in total. The predicted octanol–water partition coefficient (Wildman–Crippen LogP) is 3.52. The van der Waals surface area contributed by atoms with E-state index in [1.165, 1.54) is 0 Å². The predicted molar refractivity (Wildman–Crippen MR) is 96.4 cm³/mol. The van der Waals surface area contributed by atoms with E-state index in [0.29, 0.717) is 26.1 Å². The number of aliphatic hydroxyl groups is 1. The Hall–Kier alpha value is -2.04. The maximum Gasteiger partial charge on any atom is 0.161 e. The molecule has 4 heteroatoms. The van der Waals surface area contributed by atoms with Crippen LogP contribution in [0.1, 0.15) is 31.4 Å². The Morgan fingerprint density at radius 3 is 2.46 bits per heavy atom. The average Bonchev–Trinajstić information content (AvgIpc) is 2.61. The molecule has 0 heterocycles. The molecule has 0 spiro atoms. The molecule has 1 unspecified atom stereocenters. The minimum Gasteiger partial charge on any atom is -0.493 e. The Balaban J connectivity index is 1.99. The smallest absolute Gasteiger partial charge is 0.161 e. The highest BCUT2D eigenvalue weighted by Gasteiger charge is 2.16. The van der Waals surface area contributed by atoms with Gasteiger partial charge in [-0.05, 0) is 36.6 Å². The molecule has 24 heavy (non-hydrogen) atoms. The van der Waals surface area contributed by atoms with Crippen molar-refractivity contribution >= 4 is 0 Å². The average molecular weight is 329 g/mol. The van der Waals surface area contributed by atoms with Crippen LogP contribution in [0.15, 0.2) is 48.5 Å². The van der Waals surface area contributed by atoms with Gasteiger partial charge in [-0.15, -0.1) is 0 Å². The van der Waals surface area contributed by atoms with Crippen molar-refractivity contribution < 1.29 is 14.6 Å². The van der Waals surface area contributed by atoms with Gasteiger partial charge < -0.3 is 19.9 Å². The second-order valence-corrected chi connectivity index (χ2v) is 6.21. The molecule has 0 saturated heterocycles. The minimum atomic E-state index is -0.681. The second-order valence-electron chi connectivity index (χ2n) is 6.21. The van der Waals surface area contributed by atoms with Gasteiger partial charge in [0, 0.05) is 13.1 Å². The van der Waals surface area contributed by atoms with Gasteiger partial charge in [0.2, 0.25) is 0 Å². The van der Waals surface area contributed by atoms with Gasteiger partial charge in [0.1, 0.15) is 6.61 Å². The monoisotopic (exact) mass is 329 g/mol. The largest absolute Gasteiger partial charge is 0.493 e. The van der Waals surface area contributed by atoms with E-state index < -0.39 is 5.60 Å². The molecule has 0 radical (unpaired) electrons. The molecule has 130 valence electrons. The van der Waals surface area contributed by atoms with Crippen LogP contribution in [0.3, 0.4) is 0 Å². The topological polar surface area (TPSA) is 50.7 Å². The van der Waals surface area contributed by atoms with Crippen LogP contribution in [0, 0.1) is 0 Å². The maximum absolute atomic E-state index is 10.0. The summed E-state index contributed by atoms with van der Waals surface area (Å²) in [7, 11) is 1.64. The van der Waals surface area contributed by atoms with Crippen LogP contribution in [0.2, 0.25) is 0 Å². The first-order valence-corrected chi connectivity index (χ1v) is 8.31. The molecule has 2 rings (SSSR count). The lowest BCUT2D eigenvalue weighted by atomic mass is 10.0. The molecular weight excluding hydrogens is 302 g/mol. The van der Waals surface area contributed by atoms with Crippen molar-refractivity contribution in [1.29, 1.82) is 0 Å². The third-order valence-corrected chi connectivity index (χ3v) is 4.06. The Morgan fingerprint density at radius 1 is 1.04 bits per heavy atom. The molecule has 4 nitrogen and oxygen atoms in total. The number of ether oxygens (including phenoxy) is 2. The summed E-state index contributed by atoms with van der Waals surface area (Å²) in [6.07, 6.45) is 0.716. The second kappa shape index (κ2) is 8.71. The van der Waals surface area contributed by atoms with E-state index in [1.807, 2.05) is 62.4 Å². The van der Waals surface area contributed by atoms with Crippen molar-refractivity contribution in [2.75, 3.05) is 13.7 Å². The van der Waals surface area contributed by atoms with E-state index in [1.54, 1.807) is 7.11 Å². The fourth-order valence-electron chi connectivity index (χ4n) is 2.28. The molecule has 0 saturated carbocycles. The Bertz CT molecular complexity index is 626. The Morgan fingerprint density at radius 2 is 1.79 bits per heavy atom. The minimum absolute atomic E-state index is 0.499. The first-order valence-electron chi connectivity index (χ1n) is 8.31. The fraction of sp³-hybridized carbons (Fsp3) is 0.400. The molecule has 2 aromatic rings. The number of nitrogens with one attached hydrogen (secondary N) is 1. The summed E-state index contributed by atoms with van der Waals surface area (Å²) in [6.45, 7) is 5.53. The Labute approximate surface area is 144 Å². The van der Waals surface area contributed by atoms with Gasteiger partial charge in [0.15, 0.2) is 11.5 Å². The quantitative estimate of drug-likeness (QED) is 0.739. The van der Waals surface area contributed by atoms with Gasteiger partial charge in [0.25, 0.3) is 0 Å². The zero-order chi connectivity index (χ0) is 17.4. The van der Waals surface area contributed by atoms with Gasteiger partial charge in [-0.1, -0.05) is 43.3 Å². The molecular formula is C20H27NO3. The van der Waals surface area contributed by atoms with Crippen LogP contribution >= 0.6 is 0 Å². The molecule has 2 aromatic carbocycles. The fourth-order valence-corrected chi connectivity index (χ4v) is 2.28. The van der Waals surface area contributed by atoms with Gasteiger partial charge in [-0.2, -0.15) is 0 Å². The standard InChI is InChI=1S/C20H27NO3/c1-4-20(2,22)15-21-13-17-10-11-18(23-3)19(12-17)24-14-16-8-6-5-7-9-16/h5-12,21-22H,4,13-15H2,1-3H3. The number of rotatable bonds is 9. The lowest BCUT2D eigenvalue weighted by Gasteiger charge is -2.21. The van der Waals surface area contributed by atoms with Crippen LogP contribution < -0.4 is 14.8 Å². The van der Waals surface area contributed by atoms with E-state index in [0.717, 1.165) is 22.6 Å². The van der Waals surface area contributed by atoms with Crippen molar-refractivity contribution in [3.63, 3.8) is 0 Å². The van der Waals surface area contributed by atoms with Gasteiger partial charge in [0.05, 0.1) is 12.7 Å². The van der Waals surface area contributed by atoms with Crippen LogP contribution in [-0.4, -0.2) is 24.4 Å². The molecule has 0 amide bonds. The van der Waals surface area contributed by atoms with Crippen molar-refractivity contribution in [1.82, 2.24) is 5.32 Å². The third-order valence-electron chi connectivity index (χ3n) is 4.06. The highest BCUT2D eigenvalue weighted by molar-refractivity contribution is 5.43. The van der Waals surface area contributed by atoms with Crippen molar-refractivity contribution in [3.8, 4) is 11.5 Å². The van der Waals surface area contributed by atoms with Crippen molar-refractivity contribution in [2.45, 2.75) is 39.0 Å². The highest BCUT2D eigenvalue weighted by atomic mass is 16.5. The third kappa shape index (κ3) is 5.55. The molecule has 0 bridgehead atoms. The highest BCUT2D eigenvalue weighted by Crippen LogP contribution is 2.29. The number of hydrogen-bond donors (Lipinski definition) is 2. The summed E-state index contributed by atoms with van der Waals surface area (Å²) in [6, 6.07) is 15.9. The van der Waals surface area contributed by atoms with E-state index in [4.69, 9.17) is 9.47 Å². The summed E-state index contributed by atoms with van der Waals surface area (Å²) >= 11 is 0. The van der Waals surface area contributed by atoms with Crippen LogP contribution in [0.4, 0.5) is 0 Å². The number of hydrogen-bond acceptors (Lipinski definition) is 4. The SMILES string of the molecule is CCC(C)(O)CNCc1ccc(OC)c(OCc2ccccc2)c1. The van der Waals surface area contributed by atoms with Crippen LogP contribution in [0.25, 0.3) is 0 Å². The van der Waals surface area contributed by atoms with E-state index in [-0.39, 0.29) is 0 Å². The van der Waals surface area contributed by atoms with Gasteiger partial charge >= 0.3 is 0 Å². The zero-order valence-corrected chi connectivity index (χ0v) is 14.7. The maximum atomic E-state index is 10.0. The Kier molecular flexibility index (Phi) is 6.64. The lowest BCUT2D eigenvalue weighted by Crippen LogP contribution is -2.36. The summed E-state index contributed by atoms with van der Waals surface area (Å²) in [5, 5.41) is 13.3. The molecule has 0 fully saturated rings. The molecule has 0 aromatic heterocycles. The molecule has 0 aliphatic heterocycles. The zero-order valence-electron chi connectivity index (χ0n) is 14.7. The van der Waals surface area contributed by atoms with Crippen molar-refractivity contribution in [3.05, 3.63) is 59.7 Å². The summed E-state index contributed by atoms with van der Waals surface area (Å²) in [4.78, 5) is 0. The first kappa shape index (κ1) is 18.3. The number of benzene rings is 2. The molecule has 0 aliphatic carbocycles. The summed E-state index contributed by atoms with van der Waals surface area (Å²) in [5.41, 5.74) is 1.52. The first-order chi connectivity index (χ1) is 11.5. The molecule has 0 aliphatic rings. The lowest BCUT2D eigenvalue weighted by molar-refractivity contribution is 0.0555. The normalized spacial score (nSPS) is 13.3. The van der Waals surface area contributed by atoms with Crippen LogP contribution in [0.5, 0.6) is 11.5 Å².